The highest BCUT2D eigenvalue weighted by Crippen LogP contribution is 2.36. The fourth-order valence-electron chi connectivity index (χ4n) is 1.99. The molecule has 0 spiro atoms. The Bertz CT molecular complexity index is 556. The zero-order valence-corrected chi connectivity index (χ0v) is 13.1. The van der Waals surface area contributed by atoms with Crippen LogP contribution >= 0.6 is 34.5 Å². The molecule has 0 saturated heterocycles. The van der Waals surface area contributed by atoms with Gasteiger partial charge in [0, 0.05) is 11.6 Å². The molecule has 0 saturated carbocycles. The number of ether oxygens (including phenoxy) is 1. The molecule has 5 heteroatoms. The first-order chi connectivity index (χ1) is 9.13. The minimum atomic E-state index is 0.142. The van der Waals surface area contributed by atoms with Crippen molar-refractivity contribution < 1.29 is 4.74 Å². The van der Waals surface area contributed by atoms with E-state index in [1.54, 1.807) is 7.11 Å². The van der Waals surface area contributed by atoms with Crippen LogP contribution in [-0.2, 0) is 6.42 Å². The van der Waals surface area contributed by atoms with Crippen LogP contribution in [0.5, 0.6) is 5.75 Å². The Balaban J connectivity index is 2.21. The van der Waals surface area contributed by atoms with Gasteiger partial charge in [-0.05, 0) is 37.2 Å². The van der Waals surface area contributed by atoms with E-state index in [0.29, 0.717) is 4.34 Å². The van der Waals surface area contributed by atoms with Gasteiger partial charge in [0.1, 0.15) is 5.75 Å². The first-order valence-electron chi connectivity index (χ1n) is 5.89. The topological polar surface area (TPSA) is 21.3 Å². The summed E-state index contributed by atoms with van der Waals surface area (Å²) < 4.78 is 6.69. The molecule has 1 N–H and O–H groups in total. The predicted octanol–water partition coefficient (Wildman–Crippen LogP) is 4.57. The molecule has 1 atom stereocenters. The molecule has 0 aliphatic carbocycles. The first-order valence-corrected chi connectivity index (χ1v) is 7.46. The van der Waals surface area contributed by atoms with Crippen LogP contribution in [-0.4, -0.2) is 14.2 Å². The Hall–Kier alpha value is -0.740. The maximum Gasteiger partial charge on any atom is 0.119 e. The number of hydrogen-bond donors (Lipinski definition) is 1. The van der Waals surface area contributed by atoms with Gasteiger partial charge in [0.15, 0.2) is 0 Å². The molecule has 0 aliphatic heterocycles. The number of methoxy groups -OCH3 is 1. The van der Waals surface area contributed by atoms with Gasteiger partial charge in [0.05, 0.1) is 15.8 Å². The van der Waals surface area contributed by atoms with Crippen LogP contribution in [0.15, 0.2) is 30.3 Å². The van der Waals surface area contributed by atoms with Crippen molar-refractivity contribution in [2.24, 2.45) is 0 Å². The lowest BCUT2D eigenvalue weighted by molar-refractivity contribution is 0.414. The molecule has 2 aromatic rings. The molecule has 102 valence electrons. The van der Waals surface area contributed by atoms with Gasteiger partial charge in [-0.2, -0.15) is 0 Å². The van der Waals surface area contributed by atoms with Crippen molar-refractivity contribution in [3.05, 3.63) is 50.1 Å². The van der Waals surface area contributed by atoms with Gasteiger partial charge in [-0.1, -0.05) is 35.3 Å². The summed E-state index contributed by atoms with van der Waals surface area (Å²) in [6.45, 7) is 0. The molecular formula is C14H15Cl2NOS. The third-order valence-corrected chi connectivity index (χ3v) is 4.50. The number of nitrogens with one attached hydrogen (secondary N) is 1. The number of halogens is 2. The molecule has 0 aliphatic rings. The number of hydrogen-bond acceptors (Lipinski definition) is 3. The van der Waals surface area contributed by atoms with Crippen LogP contribution in [0.4, 0.5) is 0 Å². The van der Waals surface area contributed by atoms with Gasteiger partial charge in [-0.25, -0.2) is 0 Å². The summed E-state index contributed by atoms with van der Waals surface area (Å²) in [6, 6.07) is 10.1. The highest BCUT2D eigenvalue weighted by Gasteiger charge is 2.16. The standard InChI is InChI=1S/C14H15Cl2NOS/c1-17-12(11-8-13(15)19-14(11)16)7-9-4-3-5-10(6-9)18-2/h3-6,8,12,17H,7H2,1-2H3. The molecule has 2 rings (SSSR count). The molecule has 0 amide bonds. The van der Waals surface area contributed by atoms with E-state index in [1.165, 1.54) is 16.9 Å². The Kier molecular flexibility index (Phi) is 5.11. The molecule has 1 unspecified atom stereocenters. The van der Waals surface area contributed by atoms with Gasteiger partial charge in [-0.3, -0.25) is 0 Å². The van der Waals surface area contributed by atoms with Gasteiger partial charge in [0.2, 0.25) is 0 Å². The molecule has 1 aromatic carbocycles. The number of rotatable bonds is 5. The second-order valence-electron chi connectivity index (χ2n) is 4.18. The Labute approximate surface area is 127 Å². The Morgan fingerprint density at radius 1 is 1.32 bits per heavy atom. The van der Waals surface area contributed by atoms with Crippen LogP contribution in [0, 0.1) is 0 Å². The van der Waals surface area contributed by atoms with Gasteiger partial charge >= 0.3 is 0 Å². The Morgan fingerprint density at radius 3 is 2.68 bits per heavy atom. The normalized spacial score (nSPS) is 12.4. The average molecular weight is 316 g/mol. The fourth-order valence-corrected chi connectivity index (χ4v) is 3.57. The molecule has 0 radical (unpaired) electrons. The second-order valence-corrected chi connectivity index (χ2v) is 6.46. The zero-order chi connectivity index (χ0) is 13.8. The van der Waals surface area contributed by atoms with Crippen LogP contribution < -0.4 is 10.1 Å². The summed E-state index contributed by atoms with van der Waals surface area (Å²) in [5.74, 6) is 0.863. The first kappa shape index (κ1) is 14.7. The van der Waals surface area contributed by atoms with E-state index >= 15 is 0 Å². The summed E-state index contributed by atoms with van der Waals surface area (Å²) in [4.78, 5) is 0. The van der Waals surface area contributed by atoms with E-state index in [0.717, 1.165) is 22.1 Å². The van der Waals surface area contributed by atoms with E-state index in [2.05, 4.69) is 11.4 Å². The minimum Gasteiger partial charge on any atom is -0.497 e. The molecule has 2 nitrogen and oxygen atoms in total. The van der Waals surface area contributed by atoms with Crippen LogP contribution in [0.1, 0.15) is 17.2 Å². The highest BCUT2D eigenvalue weighted by atomic mass is 35.5. The lowest BCUT2D eigenvalue weighted by Crippen LogP contribution is -2.18. The van der Waals surface area contributed by atoms with Crippen molar-refractivity contribution in [1.82, 2.24) is 5.32 Å². The van der Waals surface area contributed by atoms with Crippen molar-refractivity contribution >= 4 is 34.5 Å². The summed E-state index contributed by atoms with van der Waals surface area (Å²) in [7, 11) is 3.59. The summed E-state index contributed by atoms with van der Waals surface area (Å²) >= 11 is 13.6. The van der Waals surface area contributed by atoms with Gasteiger partial charge in [-0.15, -0.1) is 11.3 Å². The van der Waals surface area contributed by atoms with Crippen molar-refractivity contribution in [3.63, 3.8) is 0 Å². The second kappa shape index (κ2) is 6.62. The number of benzene rings is 1. The number of thiophene rings is 1. The van der Waals surface area contributed by atoms with Crippen molar-refractivity contribution in [3.8, 4) is 5.75 Å². The lowest BCUT2D eigenvalue weighted by atomic mass is 10.0. The third-order valence-electron chi connectivity index (χ3n) is 2.98. The van der Waals surface area contributed by atoms with Crippen molar-refractivity contribution in [1.29, 1.82) is 0 Å². The quantitative estimate of drug-likeness (QED) is 0.872. The SMILES string of the molecule is CNC(Cc1cccc(OC)c1)c1cc(Cl)sc1Cl. The van der Waals surface area contributed by atoms with Gasteiger partial charge < -0.3 is 10.1 Å². The lowest BCUT2D eigenvalue weighted by Gasteiger charge is -2.16. The van der Waals surface area contributed by atoms with E-state index in [4.69, 9.17) is 27.9 Å². The van der Waals surface area contributed by atoms with E-state index < -0.39 is 0 Å². The highest BCUT2D eigenvalue weighted by molar-refractivity contribution is 7.20. The molecular weight excluding hydrogens is 301 g/mol. The predicted molar refractivity (Wildman–Crippen MR) is 82.8 cm³/mol. The molecule has 0 fully saturated rings. The average Bonchev–Trinajstić information content (AvgIpc) is 2.75. The summed E-state index contributed by atoms with van der Waals surface area (Å²) in [5.41, 5.74) is 2.24. The van der Waals surface area contributed by atoms with Gasteiger partial charge in [0.25, 0.3) is 0 Å². The molecule has 1 aromatic heterocycles. The molecule has 1 heterocycles. The molecule has 0 bridgehead atoms. The van der Waals surface area contributed by atoms with Crippen molar-refractivity contribution in [2.45, 2.75) is 12.5 Å². The smallest absolute Gasteiger partial charge is 0.119 e. The van der Waals surface area contributed by atoms with Crippen molar-refractivity contribution in [2.75, 3.05) is 14.2 Å². The van der Waals surface area contributed by atoms with Crippen LogP contribution in [0.2, 0.25) is 8.67 Å². The monoisotopic (exact) mass is 315 g/mol. The third kappa shape index (κ3) is 3.63. The maximum absolute atomic E-state index is 6.21. The zero-order valence-electron chi connectivity index (χ0n) is 10.7. The van der Waals surface area contributed by atoms with Crippen LogP contribution in [0.3, 0.4) is 0 Å². The largest absolute Gasteiger partial charge is 0.497 e. The van der Waals surface area contributed by atoms with E-state index in [-0.39, 0.29) is 6.04 Å². The minimum absolute atomic E-state index is 0.142. The van der Waals surface area contributed by atoms with E-state index in [1.807, 2.05) is 31.3 Å². The van der Waals surface area contributed by atoms with E-state index in [9.17, 15) is 0 Å². The summed E-state index contributed by atoms with van der Waals surface area (Å²) in [5, 5.41) is 3.28. The Morgan fingerprint density at radius 2 is 2.11 bits per heavy atom. The molecule has 19 heavy (non-hydrogen) atoms. The fraction of sp³-hybridized carbons (Fsp3) is 0.286. The number of likely N-dealkylation sites (N-methyl/N-ethyl adjacent to an activating group) is 1. The van der Waals surface area contributed by atoms with Crippen LogP contribution in [0.25, 0.3) is 0 Å². The maximum atomic E-state index is 6.21. The summed E-state index contributed by atoms with van der Waals surface area (Å²) in [6.07, 6.45) is 0.834.